The number of rotatable bonds is 3. The number of amides is 1. The van der Waals surface area contributed by atoms with Crippen LogP contribution in [-0.2, 0) is 12.6 Å². The van der Waals surface area contributed by atoms with Crippen LogP contribution >= 0.6 is 0 Å². The zero-order valence-electron chi connectivity index (χ0n) is 11.8. The van der Waals surface area contributed by atoms with Crippen LogP contribution in [0.5, 0.6) is 0 Å². The van der Waals surface area contributed by atoms with Gasteiger partial charge in [-0.2, -0.15) is 13.2 Å². The Morgan fingerprint density at radius 2 is 1.87 bits per heavy atom. The summed E-state index contributed by atoms with van der Waals surface area (Å²) in [5, 5.41) is 0. The molecule has 4 nitrogen and oxygen atoms in total. The van der Waals surface area contributed by atoms with Gasteiger partial charge in [0, 0.05) is 6.20 Å². The number of primary amides is 1. The van der Waals surface area contributed by atoms with Gasteiger partial charge in [-0.15, -0.1) is 0 Å². The Hall–Kier alpha value is -2.83. The predicted molar refractivity (Wildman–Crippen MR) is 78.0 cm³/mol. The van der Waals surface area contributed by atoms with E-state index < -0.39 is 17.6 Å². The van der Waals surface area contributed by atoms with Crippen LogP contribution in [0.2, 0.25) is 0 Å². The Bertz CT molecular complexity index is 866. The molecular formula is C16H12F3N3O. The van der Waals surface area contributed by atoms with E-state index in [4.69, 9.17) is 5.73 Å². The first-order chi connectivity index (χ1) is 10.9. The summed E-state index contributed by atoms with van der Waals surface area (Å²) < 4.78 is 39.4. The maximum Gasteiger partial charge on any atom is 0.416 e. The smallest absolute Gasteiger partial charge is 0.364 e. The van der Waals surface area contributed by atoms with Gasteiger partial charge in [0.2, 0.25) is 0 Å². The van der Waals surface area contributed by atoms with E-state index in [-0.39, 0.29) is 5.69 Å². The third-order valence-corrected chi connectivity index (χ3v) is 3.55. The molecule has 0 unspecified atom stereocenters. The first-order valence-electron chi connectivity index (χ1n) is 6.77. The summed E-state index contributed by atoms with van der Waals surface area (Å²) in [6, 6.07) is 8.50. The van der Waals surface area contributed by atoms with Crippen molar-refractivity contribution < 1.29 is 18.0 Å². The Kier molecular flexibility index (Phi) is 3.55. The molecule has 0 spiro atoms. The molecule has 0 aliphatic carbocycles. The minimum absolute atomic E-state index is 0.146. The van der Waals surface area contributed by atoms with Crippen molar-refractivity contribution in [2.75, 3.05) is 0 Å². The van der Waals surface area contributed by atoms with Gasteiger partial charge in [-0.05, 0) is 35.7 Å². The lowest BCUT2D eigenvalue weighted by atomic mass is 10.0. The number of carbonyl (C=O) groups excluding carboxylic acids is 1. The van der Waals surface area contributed by atoms with Crippen LogP contribution in [0.4, 0.5) is 13.2 Å². The fourth-order valence-electron chi connectivity index (χ4n) is 2.48. The molecule has 0 fully saturated rings. The topological polar surface area (TPSA) is 60.4 Å². The van der Waals surface area contributed by atoms with Gasteiger partial charge >= 0.3 is 6.18 Å². The number of pyridine rings is 1. The van der Waals surface area contributed by atoms with Gasteiger partial charge in [0.25, 0.3) is 5.91 Å². The van der Waals surface area contributed by atoms with Crippen molar-refractivity contribution in [1.29, 1.82) is 0 Å². The second kappa shape index (κ2) is 5.42. The normalized spacial score (nSPS) is 11.8. The largest absolute Gasteiger partial charge is 0.416 e. The standard InChI is InChI=1S/C16H12F3N3O/c17-16(18,19)12-5-3-10(4-6-12)8-11-2-1-7-22-9-21-13(14(11)22)15(20)23/h1-7,9H,8H2,(H2,20,23). The fraction of sp³-hybridized carbons (Fsp3) is 0.125. The van der Waals surface area contributed by atoms with Crippen LogP contribution in [0.1, 0.15) is 27.2 Å². The molecule has 7 heteroatoms. The minimum Gasteiger partial charge on any atom is -0.364 e. The average molecular weight is 319 g/mol. The fourth-order valence-corrected chi connectivity index (χ4v) is 2.48. The number of alkyl halides is 3. The molecule has 0 atom stereocenters. The van der Waals surface area contributed by atoms with Crippen LogP contribution in [0.25, 0.3) is 5.52 Å². The monoisotopic (exact) mass is 319 g/mol. The van der Waals surface area contributed by atoms with E-state index in [2.05, 4.69) is 4.98 Å². The summed E-state index contributed by atoms with van der Waals surface area (Å²) in [5.41, 5.74) is 6.80. The highest BCUT2D eigenvalue weighted by Gasteiger charge is 2.29. The molecule has 118 valence electrons. The summed E-state index contributed by atoms with van der Waals surface area (Å²) in [6.45, 7) is 0. The van der Waals surface area contributed by atoms with Crippen molar-refractivity contribution in [3.63, 3.8) is 0 Å². The van der Waals surface area contributed by atoms with Gasteiger partial charge in [-0.1, -0.05) is 18.2 Å². The van der Waals surface area contributed by atoms with E-state index in [1.807, 2.05) is 0 Å². The number of imidazole rings is 1. The van der Waals surface area contributed by atoms with E-state index in [1.54, 1.807) is 22.7 Å². The molecule has 0 saturated heterocycles. The molecular weight excluding hydrogens is 307 g/mol. The number of benzene rings is 1. The van der Waals surface area contributed by atoms with E-state index in [1.165, 1.54) is 18.5 Å². The summed E-state index contributed by atoms with van der Waals surface area (Å²) in [6.07, 6.45) is -0.783. The highest BCUT2D eigenvalue weighted by atomic mass is 19.4. The molecule has 3 aromatic rings. The number of halogens is 3. The molecule has 1 amide bonds. The number of carbonyl (C=O) groups is 1. The zero-order chi connectivity index (χ0) is 16.6. The first kappa shape index (κ1) is 15.1. The van der Waals surface area contributed by atoms with Crippen LogP contribution < -0.4 is 5.73 Å². The molecule has 2 N–H and O–H groups in total. The summed E-state index contributed by atoms with van der Waals surface area (Å²) in [5.74, 6) is -0.646. The predicted octanol–water partition coefficient (Wildman–Crippen LogP) is 3.04. The molecule has 0 bridgehead atoms. The number of aromatic nitrogens is 2. The van der Waals surface area contributed by atoms with Crippen LogP contribution in [0.3, 0.4) is 0 Å². The first-order valence-corrected chi connectivity index (χ1v) is 6.77. The van der Waals surface area contributed by atoms with Gasteiger partial charge in [0.05, 0.1) is 11.1 Å². The van der Waals surface area contributed by atoms with E-state index in [0.717, 1.165) is 17.7 Å². The number of hydrogen-bond acceptors (Lipinski definition) is 2. The van der Waals surface area contributed by atoms with Crippen molar-refractivity contribution in [3.8, 4) is 0 Å². The number of nitrogens with zero attached hydrogens (tertiary/aromatic N) is 2. The molecule has 1 aromatic carbocycles. The molecule has 2 aromatic heterocycles. The zero-order valence-corrected chi connectivity index (χ0v) is 11.8. The van der Waals surface area contributed by atoms with Crippen molar-refractivity contribution in [3.05, 3.63) is 71.3 Å². The molecule has 23 heavy (non-hydrogen) atoms. The van der Waals surface area contributed by atoms with Gasteiger partial charge in [-0.3, -0.25) is 4.79 Å². The molecule has 0 aliphatic heterocycles. The lowest BCUT2D eigenvalue weighted by Crippen LogP contribution is -2.12. The van der Waals surface area contributed by atoms with Crippen molar-refractivity contribution >= 4 is 11.4 Å². The number of hydrogen-bond donors (Lipinski definition) is 1. The maximum atomic E-state index is 12.6. The molecule has 0 saturated carbocycles. The lowest BCUT2D eigenvalue weighted by molar-refractivity contribution is -0.137. The van der Waals surface area contributed by atoms with Crippen LogP contribution in [-0.4, -0.2) is 15.3 Å². The SMILES string of the molecule is NC(=O)c1ncn2cccc(Cc3ccc(C(F)(F)F)cc3)c12. The minimum atomic E-state index is -4.36. The average Bonchev–Trinajstić information content (AvgIpc) is 2.92. The van der Waals surface area contributed by atoms with Crippen molar-refractivity contribution in [2.45, 2.75) is 12.6 Å². The highest BCUT2D eigenvalue weighted by Crippen LogP contribution is 2.29. The van der Waals surface area contributed by atoms with Gasteiger partial charge in [-0.25, -0.2) is 4.98 Å². The van der Waals surface area contributed by atoms with Crippen molar-refractivity contribution in [2.24, 2.45) is 5.73 Å². The summed E-state index contributed by atoms with van der Waals surface area (Å²) in [7, 11) is 0. The maximum absolute atomic E-state index is 12.6. The quantitative estimate of drug-likeness (QED) is 0.806. The van der Waals surface area contributed by atoms with Gasteiger partial charge in [0.1, 0.15) is 6.33 Å². The van der Waals surface area contributed by atoms with Crippen LogP contribution in [0.15, 0.2) is 48.9 Å². The summed E-state index contributed by atoms with van der Waals surface area (Å²) >= 11 is 0. The van der Waals surface area contributed by atoms with E-state index in [9.17, 15) is 18.0 Å². The highest BCUT2D eigenvalue weighted by molar-refractivity contribution is 5.98. The number of nitrogens with two attached hydrogens (primary N) is 1. The summed E-state index contributed by atoms with van der Waals surface area (Å²) in [4.78, 5) is 15.4. The lowest BCUT2D eigenvalue weighted by Gasteiger charge is -2.09. The Morgan fingerprint density at radius 3 is 2.48 bits per heavy atom. The number of fused-ring (bicyclic) bond motifs is 1. The Balaban J connectivity index is 1.98. The Morgan fingerprint density at radius 1 is 1.17 bits per heavy atom. The second-order valence-electron chi connectivity index (χ2n) is 5.12. The third kappa shape index (κ3) is 2.90. The third-order valence-electron chi connectivity index (χ3n) is 3.55. The molecule has 3 rings (SSSR count). The van der Waals surface area contributed by atoms with Gasteiger partial charge < -0.3 is 10.1 Å². The molecule has 0 radical (unpaired) electrons. The van der Waals surface area contributed by atoms with E-state index >= 15 is 0 Å². The Labute approximate surface area is 129 Å². The van der Waals surface area contributed by atoms with Crippen LogP contribution in [0, 0.1) is 0 Å². The van der Waals surface area contributed by atoms with Crippen molar-refractivity contribution in [1.82, 2.24) is 9.38 Å². The van der Waals surface area contributed by atoms with E-state index in [0.29, 0.717) is 17.5 Å². The molecule has 0 aliphatic rings. The van der Waals surface area contributed by atoms with Gasteiger partial charge in [0.15, 0.2) is 5.69 Å². The second-order valence-corrected chi connectivity index (χ2v) is 5.12. The molecule has 2 heterocycles.